The lowest BCUT2D eigenvalue weighted by Gasteiger charge is -2.22. The van der Waals surface area contributed by atoms with Crippen LogP contribution in [-0.2, 0) is 0 Å². The van der Waals surface area contributed by atoms with Gasteiger partial charge in [0.15, 0.2) is 11.5 Å². The predicted octanol–water partition coefficient (Wildman–Crippen LogP) is 4.84. The van der Waals surface area contributed by atoms with E-state index < -0.39 is 0 Å². The Morgan fingerprint density at radius 3 is 1.96 bits per heavy atom. The van der Waals surface area contributed by atoms with E-state index in [-0.39, 0.29) is 0 Å². The molecule has 3 nitrogen and oxygen atoms in total. The third kappa shape index (κ3) is 6.82. The summed E-state index contributed by atoms with van der Waals surface area (Å²) in [6, 6.07) is 6.37. The third-order valence-corrected chi connectivity index (χ3v) is 4.11. The van der Waals surface area contributed by atoms with Gasteiger partial charge in [-0.15, -0.1) is 0 Å². The maximum Gasteiger partial charge on any atom is 0.161 e. The molecule has 2 atom stereocenters. The molecule has 0 saturated carbocycles. The number of nitrogens with two attached hydrogens (primary N) is 1. The van der Waals surface area contributed by atoms with E-state index in [1.807, 2.05) is 0 Å². The van der Waals surface area contributed by atoms with Gasteiger partial charge in [0, 0.05) is 0 Å². The summed E-state index contributed by atoms with van der Waals surface area (Å²) in [5, 5.41) is 0. The molecule has 0 heterocycles. The second-order valence-corrected chi connectivity index (χ2v) is 7.46. The highest BCUT2D eigenvalue weighted by Crippen LogP contribution is 2.34. The Hall–Kier alpha value is -1.22. The van der Waals surface area contributed by atoms with E-state index in [2.05, 4.69) is 59.7 Å². The summed E-state index contributed by atoms with van der Waals surface area (Å²) in [5.74, 6) is 3.71. The molecule has 132 valence electrons. The molecule has 0 aromatic heterocycles. The number of ether oxygens (including phenoxy) is 2. The zero-order chi connectivity index (χ0) is 17.4. The molecule has 0 aliphatic rings. The van der Waals surface area contributed by atoms with Crippen molar-refractivity contribution in [3.05, 3.63) is 23.8 Å². The average molecular weight is 322 g/mol. The SMILES string of the molecule is CC(C)COc1ccc(C(C)C(C)CCN)cc1OCC(C)C. The topological polar surface area (TPSA) is 44.5 Å². The van der Waals surface area contributed by atoms with Crippen molar-refractivity contribution in [3.8, 4) is 11.5 Å². The fraction of sp³-hybridized carbons (Fsp3) is 0.700. The van der Waals surface area contributed by atoms with Crippen molar-refractivity contribution in [2.75, 3.05) is 19.8 Å². The summed E-state index contributed by atoms with van der Waals surface area (Å²) in [4.78, 5) is 0. The van der Waals surface area contributed by atoms with Crippen LogP contribution in [0.5, 0.6) is 11.5 Å². The zero-order valence-corrected chi connectivity index (χ0v) is 15.8. The van der Waals surface area contributed by atoms with E-state index in [9.17, 15) is 0 Å². The molecule has 0 radical (unpaired) electrons. The summed E-state index contributed by atoms with van der Waals surface area (Å²) >= 11 is 0. The molecule has 23 heavy (non-hydrogen) atoms. The highest BCUT2D eigenvalue weighted by Gasteiger charge is 2.17. The standard InChI is InChI=1S/C20H35NO2/c1-14(2)12-22-19-8-7-18(17(6)16(5)9-10-21)11-20(19)23-13-15(3)4/h7-8,11,14-17H,9-10,12-13,21H2,1-6H3. The quantitative estimate of drug-likeness (QED) is 0.670. The van der Waals surface area contributed by atoms with Crippen LogP contribution in [0.25, 0.3) is 0 Å². The van der Waals surface area contributed by atoms with Gasteiger partial charge >= 0.3 is 0 Å². The van der Waals surface area contributed by atoms with Crippen LogP contribution < -0.4 is 15.2 Å². The van der Waals surface area contributed by atoms with Crippen molar-refractivity contribution in [1.82, 2.24) is 0 Å². The monoisotopic (exact) mass is 321 g/mol. The summed E-state index contributed by atoms with van der Waals surface area (Å²) in [7, 11) is 0. The number of rotatable bonds is 10. The second kappa shape index (κ2) is 9.82. The molecule has 0 saturated heterocycles. The van der Waals surface area contributed by atoms with Gasteiger partial charge in [-0.05, 0) is 54.3 Å². The lowest BCUT2D eigenvalue weighted by Crippen LogP contribution is -2.13. The van der Waals surface area contributed by atoms with Gasteiger partial charge in [0.25, 0.3) is 0 Å². The Bertz CT molecular complexity index is 457. The Labute approximate surface area is 142 Å². The van der Waals surface area contributed by atoms with E-state index in [1.54, 1.807) is 0 Å². The van der Waals surface area contributed by atoms with Gasteiger partial charge < -0.3 is 15.2 Å². The second-order valence-electron chi connectivity index (χ2n) is 7.46. The van der Waals surface area contributed by atoms with Crippen molar-refractivity contribution in [3.63, 3.8) is 0 Å². The highest BCUT2D eigenvalue weighted by atomic mass is 16.5. The van der Waals surface area contributed by atoms with Crippen molar-refractivity contribution >= 4 is 0 Å². The predicted molar refractivity (Wildman–Crippen MR) is 98.4 cm³/mol. The van der Waals surface area contributed by atoms with Crippen LogP contribution in [0, 0.1) is 17.8 Å². The maximum atomic E-state index is 6.01. The molecule has 0 amide bonds. The summed E-state index contributed by atoms with van der Waals surface area (Å²) in [6.45, 7) is 15.3. The van der Waals surface area contributed by atoms with E-state index in [0.29, 0.717) is 36.9 Å². The molecule has 0 aliphatic carbocycles. The molecule has 1 rings (SSSR count). The third-order valence-electron chi connectivity index (χ3n) is 4.11. The Morgan fingerprint density at radius 1 is 0.870 bits per heavy atom. The van der Waals surface area contributed by atoms with E-state index in [0.717, 1.165) is 24.5 Å². The minimum absolute atomic E-state index is 0.457. The van der Waals surface area contributed by atoms with Crippen LogP contribution >= 0.6 is 0 Å². The smallest absolute Gasteiger partial charge is 0.161 e. The van der Waals surface area contributed by atoms with Gasteiger partial charge in [0.2, 0.25) is 0 Å². The Morgan fingerprint density at radius 2 is 1.43 bits per heavy atom. The van der Waals surface area contributed by atoms with Gasteiger partial charge in [-0.2, -0.15) is 0 Å². The van der Waals surface area contributed by atoms with Crippen molar-refractivity contribution in [1.29, 1.82) is 0 Å². The van der Waals surface area contributed by atoms with E-state index >= 15 is 0 Å². The molecule has 0 fully saturated rings. The van der Waals surface area contributed by atoms with Gasteiger partial charge in [-0.25, -0.2) is 0 Å². The molecule has 1 aromatic carbocycles. The minimum atomic E-state index is 0.457. The summed E-state index contributed by atoms with van der Waals surface area (Å²) < 4.78 is 11.9. The van der Waals surface area contributed by atoms with Gasteiger partial charge in [-0.1, -0.05) is 47.6 Å². The van der Waals surface area contributed by atoms with Gasteiger partial charge in [0.05, 0.1) is 13.2 Å². The molecule has 0 bridgehead atoms. The fourth-order valence-electron chi connectivity index (χ4n) is 2.39. The largest absolute Gasteiger partial charge is 0.489 e. The number of hydrogen-bond acceptors (Lipinski definition) is 3. The Kier molecular flexibility index (Phi) is 8.46. The first-order chi connectivity index (χ1) is 10.8. The fourth-order valence-corrected chi connectivity index (χ4v) is 2.39. The lowest BCUT2D eigenvalue weighted by molar-refractivity contribution is 0.229. The minimum Gasteiger partial charge on any atom is -0.489 e. The van der Waals surface area contributed by atoms with Crippen molar-refractivity contribution in [2.45, 2.75) is 53.9 Å². The molecular weight excluding hydrogens is 286 g/mol. The molecule has 3 heteroatoms. The maximum absolute atomic E-state index is 6.01. The van der Waals surface area contributed by atoms with Crippen LogP contribution in [-0.4, -0.2) is 19.8 Å². The molecule has 0 spiro atoms. The Balaban J connectivity index is 2.95. The summed E-state index contributed by atoms with van der Waals surface area (Å²) in [6.07, 6.45) is 1.04. The lowest BCUT2D eigenvalue weighted by atomic mass is 9.86. The first-order valence-corrected chi connectivity index (χ1v) is 8.94. The average Bonchev–Trinajstić information content (AvgIpc) is 2.50. The van der Waals surface area contributed by atoms with Crippen LogP contribution in [0.3, 0.4) is 0 Å². The van der Waals surface area contributed by atoms with Crippen LogP contribution in [0.1, 0.15) is 59.4 Å². The van der Waals surface area contributed by atoms with Gasteiger partial charge in [0.1, 0.15) is 0 Å². The number of benzene rings is 1. The first kappa shape index (κ1) is 19.8. The molecular formula is C20H35NO2. The van der Waals surface area contributed by atoms with E-state index in [4.69, 9.17) is 15.2 Å². The molecule has 0 aliphatic heterocycles. The molecule has 2 unspecified atom stereocenters. The van der Waals surface area contributed by atoms with Gasteiger partial charge in [-0.3, -0.25) is 0 Å². The van der Waals surface area contributed by atoms with E-state index in [1.165, 1.54) is 5.56 Å². The van der Waals surface area contributed by atoms with Crippen molar-refractivity contribution < 1.29 is 9.47 Å². The van der Waals surface area contributed by atoms with Crippen LogP contribution in [0.15, 0.2) is 18.2 Å². The molecule has 1 aromatic rings. The molecule has 2 N–H and O–H groups in total. The normalized spacial score (nSPS) is 14.1. The number of hydrogen-bond donors (Lipinski definition) is 1. The van der Waals surface area contributed by atoms with Crippen LogP contribution in [0.4, 0.5) is 0 Å². The first-order valence-electron chi connectivity index (χ1n) is 8.94. The summed E-state index contributed by atoms with van der Waals surface area (Å²) in [5.41, 5.74) is 7.00. The van der Waals surface area contributed by atoms with Crippen LogP contribution in [0.2, 0.25) is 0 Å². The zero-order valence-electron chi connectivity index (χ0n) is 15.8. The van der Waals surface area contributed by atoms with Crippen molar-refractivity contribution in [2.24, 2.45) is 23.5 Å². The highest BCUT2D eigenvalue weighted by molar-refractivity contribution is 5.44.